The van der Waals surface area contributed by atoms with Crippen molar-refractivity contribution in [3.05, 3.63) is 23.5 Å². The zero-order valence-corrected chi connectivity index (χ0v) is 76.4. The second kappa shape index (κ2) is 44.7. The summed E-state index contributed by atoms with van der Waals surface area (Å²) in [7, 11) is 0. The molecule has 47 heteroatoms. The van der Waals surface area contributed by atoms with E-state index in [0.717, 1.165) is 44.9 Å². The lowest BCUT2D eigenvalue weighted by molar-refractivity contribution is -0.396. The summed E-state index contributed by atoms with van der Waals surface area (Å²) in [6, 6.07) is 0. The van der Waals surface area contributed by atoms with Crippen LogP contribution in [0.5, 0.6) is 0 Å². The fourth-order valence-electron chi connectivity index (χ4n) is 23.2. The second-order valence-corrected chi connectivity index (χ2v) is 39.9. The smallest absolute Gasteiger partial charge is 0.226 e. The van der Waals surface area contributed by atoms with E-state index in [1.807, 2.05) is 6.08 Å². The summed E-state index contributed by atoms with van der Waals surface area (Å²) in [5.74, 6) is 0.507. The molecule has 0 unspecified atom stereocenters. The maximum Gasteiger partial charge on any atom is 0.226 e. The van der Waals surface area contributed by atoms with Gasteiger partial charge in [0.25, 0.3) is 0 Å². The molecule has 768 valence electrons. The molecule has 1 aromatic heterocycles. The van der Waals surface area contributed by atoms with Gasteiger partial charge in [-0.2, -0.15) is 0 Å². The topological polar surface area (TPSA) is 686 Å². The minimum absolute atomic E-state index is 0.000470. The summed E-state index contributed by atoms with van der Waals surface area (Å²) in [5, 5.41) is 250. The van der Waals surface area contributed by atoms with Gasteiger partial charge in [-0.3, -0.25) is 9.59 Å². The molecule has 0 radical (unpaired) electrons. The molecule has 134 heavy (non-hydrogen) atoms. The minimum Gasteiger partial charge on any atom is -0.394 e. The number of amides is 1. The molecule has 0 spiro atoms. The third-order valence-corrected chi connectivity index (χ3v) is 31.3. The van der Waals surface area contributed by atoms with Gasteiger partial charge in [-0.05, 0) is 103 Å². The molecule has 22 N–H and O–H groups in total. The molecule has 5 aliphatic carbocycles. The van der Waals surface area contributed by atoms with Gasteiger partial charge >= 0.3 is 0 Å². The molecule has 14 bridgehead atoms. The molecule has 25 fully saturated rings. The van der Waals surface area contributed by atoms with Crippen LogP contribution in [0, 0.1) is 50.2 Å². The molecule has 4 saturated carbocycles. The molecular formula is C87H142N4O43. The van der Waals surface area contributed by atoms with Crippen LogP contribution < -0.4 is 5.32 Å². The van der Waals surface area contributed by atoms with Gasteiger partial charge in [-0.1, -0.05) is 59.3 Å². The van der Waals surface area contributed by atoms with Gasteiger partial charge in [0, 0.05) is 17.9 Å². The highest BCUT2D eigenvalue weighted by molar-refractivity contribution is 5.96. The van der Waals surface area contributed by atoms with Crippen molar-refractivity contribution in [3.63, 3.8) is 0 Å². The maximum absolute atomic E-state index is 14.8. The van der Waals surface area contributed by atoms with Crippen LogP contribution in [0.4, 0.5) is 0 Å². The highest BCUT2D eigenvalue weighted by atomic mass is 16.8. The Kier molecular flexibility index (Phi) is 35.4. The number of nitrogens with zero attached hydrogens (tertiary/aromatic N) is 3. The first-order chi connectivity index (χ1) is 63.8. The summed E-state index contributed by atoms with van der Waals surface area (Å²) >= 11 is 0. The summed E-state index contributed by atoms with van der Waals surface area (Å²) in [4.78, 5) is 28.9. The number of hydrogen-bond donors (Lipinski definition) is 22. The molecule has 1 aromatic rings. The number of carbonyl (C=O) groups is 2. The van der Waals surface area contributed by atoms with Gasteiger partial charge < -0.3 is 207 Å². The molecule has 44 atom stereocenters. The SMILES string of the molecule is CC1(C)[C@@H](O)CC[C@]2(C)[C@H]3C(=O)C=C4[C@@H]5C[C@@](C)(C(=O)NCCOCCOCCOCCOCCOCCOCc6cn(C[C@H]7O[C@@H]8O[C@H]9[C@H](O)[C@@H](O)[C@@H](O[C@H]%10[C@H](O)[C@@H](O)[C@@H](O[C@H]%11[C@H](O)[C@@H](O)[C@@H](O[C@H]%12[C@H](O)[C@@H](O)[C@@H](O[C@H]%13[C@H](O)[C@@H](O)[C@@H](O[C@H]%14[C@H](O)[C@@H](O)[C@@H](O[C@H]7[C@H](O)[C@H]8O)O[C@@H]%14CO)O[C@@H]%13CO)O[C@@H]%12CO)O[C@@H]%11CO)O[C@@H]%10CO)O[C@@H]9CO)nn6)CC[C@]5(C)CC[C@@]4(C)[C@]3(C)CC[C@@H]12. The molecular weight excluding hydrogens is 1790 g/mol. The van der Waals surface area contributed by atoms with Crippen LogP contribution in [-0.2, 0) is 117 Å². The average molecular weight is 1930 g/mol. The van der Waals surface area contributed by atoms with Crippen LogP contribution in [0.25, 0.3) is 0 Å². The van der Waals surface area contributed by atoms with Crippen LogP contribution in [-0.4, -0.2) is 474 Å². The first-order valence-electron chi connectivity index (χ1n) is 46.7. The van der Waals surface area contributed by atoms with E-state index in [2.05, 4.69) is 64.1 Å². The summed E-state index contributed by atoms with van der Waals surface area (Å²) in [6.07, 6.45) is -60.6. The molecule has 27 rings (SSSR count). The van der Waals surface area contributed by atoms with E-state index in [1.165, 1.54) is 16.5 Å². The number of rotatable bonds is 29. The molecule has 21 saturated heterocycles. The second-order valence-electron chi connectivity index (χ2n) is 39.9. The van der Waals surface area contributed by atoms with E-state index in [1.54, 1.807) is 0 Å². The van der Waals surface area contributed by atoms with E-state index < -0.39 is 267 Å². The van der Waals surface area contributed by atoms with Crippen molar-refractivity contribution in [3.8, 4) is 0 Å². The summed E-state index contributed by atoms with van der Waals surface area (Å²) in [5.41, 5.74) is 0.0128. The zero-order chi connectivity index (χ0) is 96.6. The first kappa shape index (κ1) is 106. The van der Waals surface area contributed by atoms with Crippen LogP contribution in [0.2, 0.25) is 0 Å². The Labute approximate surface area is 773 Å². The first-order valence-corrected chi connectivity index (χ1v) is 46.7. The van der Waals surface area contributed by atoms with E-state index in [4.69, 9.17) is 94.7 Å². The van der Waals surface area contributed by atoms with Crippen molar-refractivity contribution in [2.24, 2.45) is 50.2 Å². The lowest BCUT2D eigenvalue weighted by Crippen LogP contribution is -2.68. The van der Waals surface area contributed by atoms with Crippen molar-refractivity contribution >= 4 is 11.7 Å². The maximum atomic E-state index is 14.8. The summed E-state index contributed by atoms with van der Waals surface area (Å²) in [6.45, 7) is 12.0. The summed E-state index contributed by atoms with van der Waals surface area (Å²) < 4.78 is 118. The number of fused-ring (bicyclic) bond motifs is 7. The predicted molar refractivity (Wildman–Crippen MR) is 444 cm³/mol. The highest BCUT2D eigenvalue weighted by Gasteiger charge is 2.71. The Hall–Kier alpha value is -3.62. The minimum atomic E-state index is -2.26. The Morgan fingerprint density at radius 2 is 0.731 bits per heavy atom. The van der Waals surface area contributed by atoms with Gasteiger partial charge in [-0.15, -0.1) is 5.10 Å². The number of ketones is 1. The van der Waals surface area contributed by atoms with Gasteiger partial charge in [-0.25, -0.2) is 4.68 Å². The van der Waals surface area contributed by atoms with Crippen molar-refractivity contribution in [2.75, 3.05) is 119 Å². The van der Waals surface area contributed by atoms with Gasteiger partial charge in [0.05, 0.1) is 138 Å². The van der Waals surface area contributed by atoms with Gasteiger partial charge in [0.15, 0.2) is 49.8 Å². The number of allylic oxidation sites excluding steroid dienone is 2. The van der Waals surface area contributed by atoms with Crippen LogP contribution >= 0.6 is 0 Å². The Morgan fingerprint density at radius 1 is 0.403 bits per heavy atom. The van der Waals surface area contributed by atoms with E-state index in [9.17, 15) is 117 Å². The number of hydrogen-bond acceptors (Lipinski definition) is 45. The molecule has 22 heterocycles. The third-order valence-electron chi connectivity index (χ3n) is 31.3. The third kappa shape index (κ3) is 21.3. The number of aliphatic hydroxyl groups excluding tert-OH is 21. The van der Waals surface area contributed by atoms with E-state index in [0.29, 0.717) is 59.0 Å². The van der Waals surface area contributed by atoms with Crippen molar-refractivity contribution in [2.45, 2.75) is 340 Å². The quantitative estimate of drug-likeness (QED) is 0.0331. The van der Waals surface area contributed by atoms with Gasteiger partial charge in [0.1, 0.15) is 177 Å². The molecule has 1 amide bonds. The van der Waals surface area contributed by atoms with E-state index >= 15 is 0 Å². The number of aliphatic hydroxyl groups is 21. The molecule has 21 aliphatic heterocycles. The fraction of sp³-hybridized carbons (Fsp3) is 0.931. The van der Waals surface area contributed by atoms with Gasteiger partial charge in [0.2, 0.25) is 5.91 Å². The lowest BCUT2D eigenvalue weighted by Gasteiger charge is -2.70. The standard InChI is InChI=1S/C87H142N4O43/c1-82(2)50-8-11-87(7)73(85(50,5)10-9-51(82)99)42(98)28-40-41-29-84(4,13-12-83(41,3)14-15-86(40,87)6)81(114)88-16-17-115-18-19-116-20-21-117-22-23-118-24-25-119-26-27-120-38-39-30-91(90-89-39)31-43-66-52(100)59(107)74(121-43)129-67-44(32-92)123-76(61(109)54(67)102)131-69-46(34-94)125-78(63(111)56(69)104)133-71-48(36-96)127-80(65(113)58(71)106)134-72-49(37-97)126-79(64(112)57(72)105)132-70-47(35-95)124-77(62(110)55(70)103)130-68-45(33-93)122-75(128-66)60(108)53(68)101/h28,30,41,43-80,92-97,99-113H,8-27,29,31-38H2,1-7H3,(H,88,114)/t41-,43+,44+,45+,46+,47+,48+,49+,50-,51-,52+,53+,54+,55+,56+,57+,58+,59+,60+,61+,62+,63+,64+,65+,66+,67+,68+,69+,70+,71+,72+,73+,74+,75+,76+,77+,78+,79+,80+,83+,84-,85-,86+,87+/m0/s1. The van der Waals surface area contributed by atoms with Crippen molar-refractivity contribution in [1.29, 1.82) is 0 Å². The zero-order valence-electron chi connectivity index (χ0n) is 76.4. The largest absolute Gasteiger partial charge is 0.394 e. The molecule has 47 nitrogen and oxygen atoms in total. The average Bonchev–Trinajstić information content (AvgIpc) is 0.725. The van der Waals surface area contributed by atoms with Crippen LogP contribution in [0.15, 0.2) is 17.8 Å². The number of aromatic nitrogens is 3. The van der Waals surface area contributed by atoms with Crippen molar-refractivity contribution in [1.82, 2.24) is 20.3 Å². The van der Waals surface area contributed by atoms with Crippen LogP contribution in [0.3, 0.4) is 0 Å². The Balaban J connectivity index is 0.539. The number of ether oxygens (including phenoxy) is 20. The van der Waals surface area contributed by atoms with E-state index in [-0.39, 0.29) is 108 Å². The highest BCUT2D eigenvalue weighted by Crippen LogP contribution is 2.75. The lowest BCUT2D eigenvalue weighted by atomic mass is 9.33. The Bertz CT molecular complexity index is 3930. The monoisotopic (exact) mass is 1930 g/mol. The molecule has 0 aromatic carbocycles. The van der Waals surface area contributed by atoms with Crippen molar-refractivity contribution < 1.29 is 212 Å². The van der Waals surface area contributed by atoms with Crippen LogP contribution in [0.1, 0.15) is 112 Å². The number of carbonyl (C=O) groups excluding carboxylic acids is 2. The fourth-order valence-corrected chi connectivity index (χ4v) is 23.2. The normalized spacial score (nSPS) is 47.7. The number of nitrogens with one attached hydrogen (secondary N) is 1. The Morgan fingerprint density at radius 3 is 1.09 bits per heavy atom. The predicted octanol–water partition coefficient (Wildman–Crippen LogP) is -8.87. The molecule has 26 aliphatic rings.